The minimum absolute atomic E-state index is 0.0888. The molecule has 0 fully saturated rings. The van der Waals surface area contributed by atoms with E-state index in [-0.39, 0.29) is 5.91 Å². The number of aryl methyl sites for hydroxylation is 1. The Morgan fingerprint density at radius 2 is 1.74 bits per heavy atom. The van der Waals surface area contributed by atoms with Gasteiger partial charge in [0.25, 0.3) is 0 Å². The van der Waals surface area contributed by atoms with Crippen LogP contribution in [0.3, 0.4) is 0 Å². The van der Waals surface area contributed by atoms with Crippen LogP contribution >= 0.6 is 0 Å². The van der Waals surface area contributed by atoms with E-state index < -0.39 is 0 Å². The molecule has 0 aliphatic rings. The molecule has 0 aliphatic heterocycles. The number of amides is 1. The van der Waals surface area contributed by atoms with Gasteiger partial charge in [-0.3, -0.25) is 4.79 Å². The minimum atomic E-state index is 0.0888. The van der Waals surface area contributed by atoms with Crippen molar-refractivity contribution < 1.29 is 9.53 Å². The lowest BCUT2D eigenvalue weighted by atomic mass is 10.1. The maximum atomic E-state index is 11.8. The average molecular weight is 311 g/mol. The fourth-order valence-corrected chi connectivity index (χ4v) is 2.32. The molecule has 3 heteroatoms. The van der Waals surface area contributed by atoms with Crippen molar-refractivity contribution in [2.45, 2.75) is 32.6 Å². The summed E-state index contributed by atoms with van der Waals surface area (Å²) in [7, 11) is 0. The third-order valence-corrected chi connectivity index (χ3v) is 3.73. The van der Waals surface area contributed by atoms with Crippen molar-refractivity contribution in [3.8, 4) is 5.75 Å². The van der Waals surface area contributed by atoms with Gasteiger partial charge in [0, 0.05) is 13.0 Å². The third kappa shape index (κ3) is 6.55. The molecule has 3 nitrogen and oxygen atoms in total. The summed E-state index contributed by atoms with van der Waals surface area (Å²) in [5.74, 6) is 0.956. The zero-order chi connectivity index (χ0) is 16.3. The second kappa shape index (κ2) is 9.67. The highest BCUT2D eigenvalue weighted by Crippen LogP contribution is 2.12. The van der Waals surface area contributed by atoms with Gasteiger partial charge in [-0.25, -0.2) is 0 Å². The molecule has 0 bridgehead atoms. The van der Waals surface area contributed by atoms with Crippen molar-refractivity contribution in [2.24, 2.45) is 0 Å². The van der Waals surface area contributed by atoms with Crippen LogP contribution in [0.1, 0.15) is 30.9 Å². The lowest BCUT2D eigenvalue weighted by molar-refractivity contribution is -0.121. The van der Waals surface area contributed by atoms with E-state index in [4.69, 9.17) is 4.74 Å². The zero-order valence-corrected chi connectivity index (χ0v) is 13.8. The summed E-state index contributed by atoms with van der Waals surface area (Å²) in [5.41, 5.74) is 2.54. The molecule has 0 radical (unpaired) electrons. The molecule has 0 atom stereocenters. The Balaban J connectivity index is 1.55. The van der Waals surface area contributed by atoms with Gasteiger partial charge in [0.2, 0.25) is 5.91 Å². The van der Waals surface area contributed by atoms with E-state index in [1.807, 2.05) is 30.3 Å². The maximum Gasteiger partial charge on any atom is 0.220 e. The van der Waals surface area contributed by atoms with Crippen LogP contribution in [0.2, 0.25) is 0 Å². The first kappa shape index (κ1) is 17.1. The van der Waals surface area contributed by atoms with Gasteiger partial charge in [-0.2, -0.15) is 0 Å². The van der Waals surface area contributed by atoms with Gasteiger partial charge in [0.15, 0.2) is 0 Å². The summed E-state index contributed by atoms with van der Waals surface area (Å²) in [5, 5.41) is 2.95. The minimum Gasteiger partial charge on any atom is -0.494 e. The molecule has 0 aliphatic carbocycles. The fraction of sp³-hybridized carbons (Fsp3) is 0.350. The summed E-state index contributed by atoms with van der Waals surface area (Å²) in [6.45, 7) is 3.38. The quantitative estimate of drug-likeness (QED) is 0.716. The maximum absolute atomic E-state index is 11.8. The number of hydrogen-bond acceptors (Lipinski definition) is 2. The molecule has 0 saturated carbocycles. The third-order valence-electron chi connectivity index (χ3n) is 3.73. The first-order chi connectivity index (χ1) is 11.3. The summed E-state index contributed by atoms with van der Waals surface area (Å²) >= 11 is 0. The molecular formula is C20H25NO2. The van der Waals surface area contributed by atoms with Gasteiger partial charge in [0.1, 0.15) is 5.75 Å². The molecule has 0 spiro atoms. The first-order valence-corrected chi connectivity index (χ1v) is 8.30. The molecule has 122 valence electrons. The Kier molecular flexibility index (Phi) is 7.18. The SMILES string of the molecule is CCc1ccc(OCCCC(=O)NCCc2ccccc2)cc1. The van der Waals surface area contributed by atoms with Crippen molar-refractivity contribution in [1.82, 2.24) is 5.32 Å². The second-order valence-electron chi connectivity index (χ2n) is 5.54. The molecule has 1 amide bonds. The highest BCUT2D eigenvalue weighted by atomic mass is 16.5. The molecule has 2 aromatic rings. The van der Waals surface area contributed by atoms with Crippen molar-refractivity contribution in [1.29, 1.82) is 0 Å². The lowest BCUT2D eigenvalue weighted by Gasteiger charge is -2.08. The molecular weight excluding hydrogens is 286 g/mol. The Bertz CT molecular complexity index is 578. The topological polar surface area (TPSA) is 38.3 Å². The summed E-state index contributed by atoms with van der Waals surface area (Å²) < 4.78 is 5.65. The van der Waals surface area contributed by atoms with E-state index in [9.17, 15) is 4.79 Å². The van der Waals surface area contributed by atoms with E-state index in [1.54, 1.807) is 0 Å². The van der Waals surface area contributed by atoms with Gasteiger partial charge >= 0.3 is 0 Å². The number of hydrogen-bond donors (Lipinski definition) is 1. The van der Waals surface area contributed by atoms with Crippen LogP contribution < -0.4 is 10.1 Å². The van der Waals surface area contributed by atoms with Gasteiger partial charge < -0.3 is 10.1 Å². The van der Waals surface area contributed by atoms with E-state index in [2.05, 4.69) is 36.5 Å². The van der Waals surface area contributed by atoms with E-state index in [1.165, 1.54) is 11.1 Å². The monoisotopic (exact) mass is 311 g/mol. The second-order valence-corrected chi connectivity index (χ2v) is 5.54. The van der Waals surface area contributed by atoms with E-state index >= 15 is 0 Å². The summed E-state index contributed by atoms with van der Waals surface area (Å²) in [6.07, 6.45) is 3.13. The fourth-order valence-electron chi connectivity index (χ4n) is 2.32. The Morgan fingerprint density at radius 1 is 1.00 bits per heavy atom. The largest absolute Gasteiger partial charge is 0.494 e. The molecule has 1 N–H and O–H groups in total. The van der Waals surface area contributed by atoms with Gasteiger partial charge in [-0.15, -0.1) is 0 Å². The van der Waals surface area contributed by atoms with Crippen molar-refractivity contribution >= 4 is 5.91 Å². The molecule has 23 heavy (non-hydrogen) atoms. The van der Waals surface area contributed by atoms with Crippen LogP contribution in [-0.2, 0) is 17.6 Å². The molecule has 0 saturated heterocycles. The first-order valence-electron chi connectivity index (χ1n) is 8.30. The van der Waals surface area contributed by atoms with E-state index in [0.717, 1.165) is 25.0 Å². The van der Waals surface area contributed by atoms with Crippen LogP contribution in [-0.4, -0.2) is 19.1 Å². The number of carbonyl (C=O) groups is 1. The standard InChI is InChI=1S/C20H25NO2/c1-2-17-10-12-19(13-11-17)23-16-6-9-20(22)21-15-14-18-7-4-3-5-8-18/h3-5,7-8,10-13H,2,6,9,14-16H2,1H3,(H,21,22). The number of carbonyl (C=O) groups excluding carboxylic acids is 1. The Morgan fingerprint density at radius 3 is 2.43 bits per heavy atom. The normalized spacial score (nSPS) is 10.3. The van der Waals surface area contributed by atoms with Gasteiger partial charge in [-0.1, -0.05) is 49.4 Å². The Labute approximate surface area is 138 Å². The summed E-state index contributed by atoms with van der Waals surface area (Å²) in [4.78, 5) is 11.8. The number of ether oxygens (including phenoxy) is 1. The van der Waals surface area contributed by atoms with Crippen LogP contribution in [0.25, 0.3) is 0 Å². The Hall–Kier alpha value is -2.29. The summed E-state index contributed by atoms with van der Waals surface area (Å²) in [6, 6.07) is 18.3. The van der Waals surface area contributed by atoms with E-state index in [0.29, 0.717) is 19.6 Å². The van der Waals surface area contributed by atoms with Crippen molar-refractivity contribution in [2.75, 3.05) is 13.2 Å². The molecule has 2 rings (SSSR count). The highest BCUT2D eigenvalue weighted by molar-refractivity contribution is 5.75. The van der Waals surface area contributed by atoms with Gasteiger partial charge in [0.05, 0.1) is 6.61 Å². The van der Waals surface area contributed by atoms with Crippen LogP contribution in [0.15, 0.2) is 54.6 Å². The average Bonchev–Trinajstić information content (AvgIpc) is 2.60. The lowest BCUT2D eigenvalue weighted by Crippen LogP contribution is -2.25. The number of benzene rings is 2. The number of nitrogens with one attached hydrogen (secondary N) is 1. The highest BCUT2D eigenvalue weighted by Gasteiger charge is 2.01. The molecule has 0 heterocycles. The van der Waals surface area contributed by atoms with Crippen LogP contribution in [0.4, 0.5) is 0 Å². The predicted octanol–water partition coefficient (Wildman–Crippen LogP) is 3.77. The zero-order valence-electron chi connectivity index (χ0n) is 13.8. The van der Waals surface area contributed by atoms with Crippen LogP contribution in [0, 0.1) is 0 Å². The predicted molar refractivity (Wildman–Crippen MR) is 93.7 cm³/mol. The smallest absolute Gasteiger partial charge is 0.220 e. The molecule has 2 aromatic carbocycles. The van der Waals surface area contributed by atoms with Crippen LogP contribution in [0.5, 0.6) is 5.75 Å². The molecule has 0 unspecified atom stereocenters. The van der Waals surface area contributed by atoms with Crippen molar-refractivity contribution in [3.63, 3.8) is 0 Å². The van der Waals surface area contributed by atoms with Crippen molar-refractivity contribution in [3.05, 3.63) is 65.7 Å². The number of rotatable bonds is 9. The van der Waals surface area contributed by atoms with Gasteiger partial charge in [-0.05, 0) is 42.5 Å². The molecule has 0 aromatic heterocycles.